The van der Waals surface area contributed by atoms with Gasteiger partial charge in [0.25, 0.3) is 0 Å². The van der Waals surface area contributed by atoms with Gasteiger partial charge in [0.2, 0.25) is 0 Å². The summed E-state index contributed by atoms with van der Waals surface area (Å²) >= 11 is 5.81. The number of ether oxygens (including phenoxy) is 2. The van der Waals surface area contributed by atoms with Gasteiger partial charge in [-0.15, -0.1) is 11.6 Å². The van der Waals surface area contributed by atoms with E-state index in [0.717, 1.165) is 12.0 Å². The van der Waals surface area contributed by atoms with Crippen LogP contribution >= 0.6 is 11.6 Å². The molecule has 0 spiro atoms. The first-order valence-electron chi connectivity index (χ1n) is 6.37. The lowest BCUT2D eigenvalue weighted by Crippen LogP contribution is -1.96. The van der Waals surface area contributed by atoms with Gasteiger partial charge >= 0.3 is 0 Å². The first-order valence-corrected chi connectivity index (χ1v) is 6.91. The van der Waals surface area contributed by atoms with Crippen molar-refractivity contribution in [2.24, 2.45) is 0 Å². The molecule has 106 valence electrons. The van der Waals surface area contributed by atoms with Crippen LogP contribution in [0.5, 0.6) is 17.2 Å². The van der Waals surface area contributed by atoms with E-state index in [2.05, 4.69) is 6.92 Å². The van der Waals surface area contributed by atoms with Crippen molar-refractivity contribution in [2.75, 3.05) is 7.11 Å². The molecule has 0 aliphatic heterocycles. The zero-order chi connectivity index (χ0) is 14.5. The minimum Gasteiger partial charge on any atom is -0.493 e. The normalized spacial score (nSPS) is 10.4. The van der Waals surface area contributed by atoms with Gasteiger partial charge in [-0.05, 0) is 30.2 Å². The van der Waals surface area contributed by atoms with Crippen molar-refractivity contribution >= 4 is 11.6 Å². The lowest BCUT2D eigenvalue weighted by atomic mass is 10.1. The van der Waals surface area contributed by atoms with Crippen molar-refractivity contribution < 1.29 is 13.9 Å². The molecule has 0 N–H and O–H groups in total. The molecule has 0 aliphatic rings. The number of hydrogen-bond donors (Lipinski definition) is 0. The van der Waals surface area contributed by atoms with Gasteiger partial charge < -0.3 is 9.47 Å². The van der Waals surface area contributed by atoms with Crippen LogP contribution in [0.15, 0.2) is 36.4 Å². The molecular weight excluding hydrogens is 279 g/mol. The zero-order valence-electron chi connectivity index (χ0n) is 11.5. The maximum absolute atomic E-state index is 13.9. The molecule has 0 atom stereocenters. The fourth-order valence-electron chi connectivity index (χ4n) is 1.90. The molecule has 0 saturated heterocycles. The Morgan fingerprint density at radius 3 is 2.60 bits per heavy atom. The predicted molar refractivity (Wildman–Crippen MR) is 78.4 cm³/mol. The molecule has 2 nitrogen and oxygen atoms in total. The third kappa shape index (κ3) is 3.05. The summed E-state index contributed by atoms with van der Waals surface area (Å²) in [5.41, 5.74) is 1.73. The van der Waals surface area contributed by atoms with Crippen molar-refractivity contribution in [3.63, 3.8) is 0 Å². The van der Waals surface area contributed by atoms with Crippen LogP contribution in [0.3, 0.4) is 0 Å². The second-order valence-electron chi connectivity index (χ2n) is 4.30. The molecule has 0 amide bonds. The van der Waals surface area contributed by atoms with Gasteiger partial charge in [0.1, 0.15) is 0 Å². The van der Waals surface area contributed by atoms with Crippen molar-refractivity contribution in [1.82, 2.24) is 0 Å². The van der Waals surface area contributed by atoms with Gasteiger partial charge in [-0.3, -0.25) is 0 Å². The summed E-state index contributed by atoms with van der Waals surface area (Å²) in [5.74, 6) is 0.937. The zero-order valence-corrected chi connectivity index (χ0v) is 12.2. The van der Waals surface area contributed by atoms with Gasteiger partial charge in [0.15, 0.2) is 23.1 Å². The average molecular weight is 295 g/mol. The standard InChI is InChI=1S/C16H16ClFO2/c1-3-11-7-8-14(15(9-11)19-2)20-16-12(10-17)5-4-6-13(16)18/h4-9H,3,10H2,1-2H3. The molecule has 20 heavy (non-hydrogen) atoms. The minimum atomic E-state index is -0.440. The lowest BCUT2D eigenvalue weighted by Gasteiger charge is -2.14. The van der Waals surface area contributed by atoms with Gasteiger partial charge in [-0.25, -0.2) is 4.39 Å². The molecule has 2 aromatic carbocycles. The van der Waals surface area contributed by atoms with E-state index in [4.69, 9.17) is 21.1 Å². The Kier molecular flexibility index (Phi) is 4.85. The van der Waals surface area contributed by atoms with Crippen molar-refractivity contribution in [1.29, 1.82) is 0 Å². The van der Waals surface area contributed by atoms with Crippen LogP contribution in [0.4, 0.5) is 4.39 Å². The summed E-state index contributed by atoms with van der Waals surface area (Å²) in [4.78, 5) is 0. The molecule has 0 bridgehead atoms. The highest BCUT2D eigenvalue weighted by Crippen LogP contribution is 2.35. The number of benzene rings is 2. The smallest absolute Gasteiger partial charge is 0.169 e. The number of para-hydroxylation sites is 1. The van der Waals surface area contributed by atoms with Crippen LogP contribution in [0.1, 0.15) is 18.1 Å². The SMILES string of the molecule is CCc1ccc(Oc2c(F)cccc2CCl)c(OC)c1. The topological polar surface area (TPSA) is 18.5 Å². The number of halogens is 2. The van der Waals surface area contributed by atoms with E-state index in [0.29, 0.717) is 17.1 Å². The first kappa shape index (κ1) is 14.7. The molecule has 2 aromatic rings. The Bertz CT molecular complexity index is 599. The second kappa shape index (κ2) is 6.62. The summed E-state index contributed by atoms with van der Waals surface area (Å²) in [5, 5.41) is 0. The Hall–Kier alpha value is -1.74. The molecule has 4 heteroatoms. The first-order chi connectivity index (χ1) is 9.69. The van der Waals surface area contributed by atoms with Crippen molar-refractivity contribution in [2.45, 2.75) is 19.2 Å². The Labute approximate surface area is 123 Å². The molecule has 0 radical (unpaired) electrons. The van der Waals surface area contributed by atoms with E-state index in [1.807, 2.05) is 12.1 Å². The molecule has 0 heterocycles. The molecule has 0 fully saturated rings. The third-order valence-corrected chi connectivity index (χ3v) is 3.33. The van der Waals surface area contributed by atoms with E-state index >= 15 is 0 Å². The van der Waals surface area contributed by atoms with E-state index in [1.54, 1.807) is 25.3 Å². The number of aryl methyl sites for hydroxylation is 1. The number of hydrogen-bond acceptors (Lipinski definition) is 2. The Balaban J connectivity index is 2.39. The van der Waals surface area contributed by atoms with E-state index < -0.39 is 5.82 Å². The largest absolute Gasteiger partial charge is 0.493 e. The van der Waals surface area contributed by atoms with Gasteiger partial charge in [-0.2, -0.15) is 0 Å². The Morgan fingerprint density at radius 2 is 1.95 bits per heavy atom. The summed E-state index contributed by atoms with van der Waals surface area (Å²) < 4.78 is 24.8. The summed E-state index contributed by atoms with van der Waals surface area (Å²) in [6.07, 6.45) is 0.892. The predicted octanol–water partition coefficient (Wildman–Crippen LogP) is 4.93. The number of rotatable bonds is 5. The van der Waals surface area contributed by atoms with E-state index in [-0.39, 0.29) is 11.6 Å². The van der Waals surface area contributed by atoms with Crippen LogP contribution in [-0.4, -0.2) is 7.11 Å². The van der Waals surface area contributed by atoms with Gasteiger partial charge in [0.05, 0.1) is 13.0 Å². The average Bonchev–Trinajstić information content (AvgIpc) is 2.49. The second-order valence-corrected chi connectivity index (χ2v) is 4.57. The van der Waals surface area contributed by atoms with Gasteiger partial charge in [-0.1, -0.05) is 25.1 Å². The van der Waals surface area contributed by atoms with Crippen LogP contribution < -0.4 is 9.47 Å². The van der Waals surface area contributed by atoms with Crippen LogP contribution in [-0.2, 0) is 12.3 Å². The molecule has 0 unspecified atom stereocenters. The molecule has 2 rings (SSSR count). The minimum absolute atomic E-state index is 0.144. The summed E-state index contributed by atoms with van der Waals surface area (Å²) in [6, 6.07) is 10.3. The molecule has 0 aliphatic carbocycles. The molecule has 0 aromatic heterocycles. The fraction of sp³-hybridized carbons (Fsp3) is 0.250. The van der Waals surface area contributed by atoms with Gasteiger partial charge in [0, 0.05) is 5.56 Å². The highest BCUT2D eigenvalue weighted by atomic mass is 35.5. The highest BCUT2D eigenvalue weighted by Gasteiger charge is 2.13. The summed E-state index contributed by atoms with van der Waals surface area (Å²) in [6.45, 7) is 2.05. The van der Waals surface area contributed by atoms with E-state index in [1.165, 1.54) is 6.07 Å². The van der Waals surface area contributed by atoms with Crippen molar-refractivity contribution in [3.8, 4) is 17.2 Å². The Morgan fingerprint density at radius 1 is 1.15 bits per heavy atom. The molecule has 0 saturated carbocycles. The number of alkyl halides is 1. The number of methoxy groups -OCH3 is 1. The van der Waals surface area contributed by atoms with Crippen LogP contribution in [0.2, 0.25) is 0 Å². The maximum atomic E-state index is 13.9. The monoisotopic (exact) mass is 294 g/mol. The highest BCUT2D eigenvalue weighted by molar-refractivity contribution is 6.17. The quantitative estimate of drug-likeness (QED) is 0.728. The van der Waals surface area contributed by atoms with Crippen LogP contribution in [0, 0.1) is 5.82 Å². The van der Waals surface area contributed by atoms with E-state index in [9.17, 15) is 4.39 Å². The van der Waals surface area contributed by atoms with Crippen molar-refractivity contribution in [3.05, 3.63) is 53.3 Å². The lowest BCUT2D eigenvalue weighted by molar-refractivity contribution is 0.369. The molecular formula is C16H16ClFO2. The maximum Gasteiger partial charge on any atom is 0.169 e. The fourth-order valence-corrected chi connectivity index (χ4v) is 2.11. The third-order valence-electron chi connectivity index (χ3n) is 3.04. The van der Waals surface area contributed by atoms with Crippen LogP contribution in [0.25, 0.3) is 0 Å². The summed E-state index contributed by atoms with van der Waals surface area (Å²) in [7, 11) is 1.56.